The number of benzene rings is 1. The Balaban J connectivity index is 0.00000261. The summed E-state index contributed by atoms with van der Waals surface area (Å²) < 4.78 is 0. The van der Waals surface area contributed by atoms with E-state index in [2.05, 4.69) is 69.8 Å². The number of halogens is 1. The van der Waals surface area contributed by atoms with Gasteiger partial charge in [-0.15, -0.1) is 35.3 Å². The van der Waals surface area contributed by atoms with Crippen molar-refractivity contribution in [3.63, 3.8) is 0 Å². The van der Waals surface area contributed by atoms with Gasteiger partial charge in [-0.1, -0.05) is 18.2 Å². The number of hydrogen-bond acceptors (Lipinski definition) is 4. The van der Waals surface area contributed by atoms with Crippen molar-refractivity contribution in [2.24, 2.45) is 10.9 Å². The summed E-state index contributed by atoms with van der Waals surface area (Å²) in [6, 6.07) is 10.7. The molecule has 27 heavy (non-hydrogen) atoms. The van der Waals surface area contributed by atoms with E-state index in [1.165, 1.54) is 12.1 Å². The fourth-order valence-corrected chi connectivity index (χ4v) is 3.94. The molecule has 7 heteroatoms. The van der Waals surface area contributed by atoms with Crippen LogP contribution in [0.25, 0.3) is 0 Å². The molecule has 1 aliphatic rings. The third-order valence-corrected chi connectivity index (χ3v) is 5.49. The van der Waals surface area contributed by atoms with E-state index < -0.39 is 0 Å². The van der Waals surface area contributed by atoms with Gasteiger partial charge in [-0.2, -0.15) is 0 Å². The number of hydrogen-bond donors (Lipinski definition) is 1. The lowest BCUT2D eigenvalue weighted by Gasteiger charge is -2.22. The minimum atomic E-state index is 0. The molecular formula is C20H30IN5S. The van der Waals surface area contributed by atoms with Gasteiger partial charge in [0.15, 0.2) is 5.96 Å². The third-order valence-electron chi connectivity index (χ3n) is 4.67. The van der Waals surface area contributed by atoms with Crippen LogP contribution in [0.3, 0.4) is 0 Å². The summed E-state index contributed by atoms with van der Waals surface area (Å²) in [7, 11) is 2.08. The summed E-state index contributed by atoms with van der Waals surface area (Å²) in [5, 5.41) is 6.66. The first-order chi connectivity index (χ1) is 12.7. The van der Waals surface area contributed by atoms with E-state index in [-0.39, 0.29) is 24.0 Å². The minimum Gasteiger partial charge on any atom is -0.371 e. The van der Waals surface area contributed by atoms with Crippen molar-refractivity contribution in [2.45, 2.75) is 26.8 Å². The van der Waals surface area contributed by atoms with Crippen LogP contribution in [0.1, 0.15) is 24.0 Å². The van der Waals surface area contributed by atoms with Gasteiger partial charge < -0.3 is 15.1 Å². The second-order valence-electron chi connectivity index (χ2n) is 6.84. The highest BCUT2D eigenvalue weighted by molar-refractivity contribution is 14.0. The standard InChI is InChI=1S/C20H29N5S.HI/c1-4-21-20(24(3)14-18-15-26-16(2)23-18)22-12-17-10-11-25(13-17)19-8-6-5-7-9-19;/h5-9,15,17H,4,10-14H2,1-3H3,(H,21,22);1H. The molecule has 1 aliphatic heterocycles. The first kappa shape index (κ1) is 21.9. The third kappa shape index (κ3) is 6.34. The predicted molar refractivity (Wildman–Crippen MR) is 126 cm³/mol. The predicted octanol–water partition coefficient (Wildman–Crippen LogP) is 3.99. The average Bonchev–Trinajstić information content (AvgIpc) is 3.28. The zero-order valence-electron chi connectivity index (χ0n) is 16.4. The van der Waals surface area contributed by atoms with E-state index in [0.717, 1.165) is 49.4 Å². The van der Waals surface area contributed by atoms with Crippen molar-refractivity contribution in [2.75, 3.05) is 38.1 Å². The number of nitrogens with one attached hydrogen (secondary N) is 1. The SMILES string of the molecule is CCNC(=NCC1CCN(c2ccccc2)C1)N(C)Cc1csc(C)n1.I. The molecule has 0 radical (unpaired) electrons. The van der Waals surface area contributed by atoms with Crippen LogP contribution in [0.2, 0.25) is 0 Å². The van der Waals surface area contributed by atoms with E-state index in [9.17, 15) is 0 Å². The van der Waals surface area contributed by atoms with Crippen molar-refractivity contribution < 1.29 is 0 Å². The lowest BCUT2D eigenvalue weighted by molar-refractivity contribution is 0.466. The number of rotatable bonds is 6. The van der Waals surface area contributed by atoms with Crippen LogP contribution >= 0.6 is 35.3 Å². The number of aliphatic imine (C=N–C) groups is 1. The maximum atomic E-state index is 4.91. The van der Waals surface area contributed by atoms with E-state index >= 15 is 0 Å². The Labute approximate surface area is 183 Å². The van der Waals surface area contributed by atoms with Crippen molar-refractivity contribution in [1.82, 2.24) is 15.2 Å². The normalized spacial score (nSPS) is 16.9. The quantitative estimate of drug-likeness (QED) is 0.371. The first-order valence-corrected chi connectivity index (χ1v) is 10.2. The van der Waals surface area contributed by atoms with Crippen LogP contribution in [0.4, 0.5) is 5.69 Å². The van der Waals surface area contributed by atoms with Gasteiger partial charge in [0.05, 0.1) is 17.2 Å². The van der Waals surface area contributed by atoms with Gasteiger partial charge in [0.1, 0.15) is 0 Å². The number of guanidine groups is 1. The van der Waals surface area contributed by atoms with Gasteiger partial charge in [-0.05, 0) is 38.3 Å². The van der Waals surface area contributed by atoms with E-state index in [0.29, 0.717) is 5.92 Å². The van der Waals surface area contributed by atoms with E-state index in [1.807, 2.05) is 6.92 Å². The molecule has 0 saturated carbocycles. The van der Waals surface area contributed by atoms with Crippen LogP contribution < -0.4 is 10.2 Å². The minimum absolute atomic E-state index is 0. The Hall–Kier alpha value is -1.35. The first-order valence-electron chi connectivity index (χ1n) is 9.36. The number of aromatic nitrogens is 1. The van der Waals surface area contributed by atoms with Crippen molar-refractivity contribution >= 4 is 47.0 Å². The molecule has 1 aromatic heterocycles. The van der Waals surface area contributed by atoms with Gasteiger partial charge in [0.25, 0.3) is 0 Å². The molecule has 1 atom stereocenters. The highest BCUT2D eigenvalue weighted by atomic mass is 127. The lowest BCUT2D eigenvalue weighted by Crippen LogP contribution is -2.39. The molecule has 1 aromatic carbocycles. The number of para-hydroxylation sites is 1. The molecule has 1 unspecified atom stereocenters. The topological polar surface area (TPSA) is 43.8 Å². The molecule has 0 bridgehead atoms. The second-order valence-corrected chi connectivity index (χ2v) is 7.91. The Morgan fingerprint density at radius 1 is 1.37 bits per heavy atom. The van der Waals surface area contributed by atoms with Crippen molar-refractivity contribution in [3.05, 3.63) is 46.4 Å². The largest absolute Gasteiger partial charge is 0.371 e. The van der Waals surface area contributed by atoms with Gasteiger partial charge >= 0.3 is 0 Å². The fraction of sp³-hybridized carbons (Fsp3) is 0.500. The van der Waals surface area contributed by atoms with E-state index in [4.69, 9.17) is 4.99 Å². The molecule has 3 rings (SSSR count). The fourth-order valence-electron chi connectivity index (χ4n) is 3.34. The maximum absolute atomic E-state index is 4.91. The van der Waals surface area contributed by atoms with Gasteiger partial charge in [-0.25, -0.2) is 4.98 Å². The number of anilines is 1. The summed E-state index contributed by atoms with van der Waals surface area (Å²) in [5.74, 6) is 1.58. The zero-order valence-corrected chi connectivity index (χ0v) is 19.5. The summed E-state index contributed by atoms with van der Waals surface area (Å²) in [5.41, 5.74) is 2.43. The van der Waals surface area contributed by atoms with Crippen LogP contribution in [0, 0.1) is 12.8 Å². The zero-order chi connectivity index (χ0) is 18.4. The molecule has 0 amide bonds. The van der Waals surface area contributed by atoms with Gasteiger partial charge in [-0.3, -0.25) is 4.99 Å². The van der Waals surface area contributed by atoms with E-state index in [1.54, 1.807) is 11.3 Å². The Morgan fingerprint density at radius 3 is 2.81 bits per heavy atom. The number of aryl methyl sites for hydroxylation is 1. The Kier molecular flexibility index (Phi) is 8.82. The Morgan fingerprint density at radius 2 is 2.15 bits per heavy atom. The average molecular weight is 499 g/mol. The summed E-state index contributed by atoms with van der Waals surface area (Å²) in [4.78, 5) is 14.1. The van der Waals surface area contributed by atoms with Crippen molar-refractivity contribution in [1.29, 1.82) is 0 Å². The van der Waals surface area contributed by atoms with Crippen LogP contribution in [-0.4, -0.2) is 49.1 Å². The maximum Gasteiger partial charge on any atom is 0.194 e. The Bertz CT molecular complexity index is 718. The highest BCUT2D eigenvalue weighted by Crippen LogP contribution is 2.23. The summed E-state index contributed by atoms with van der Waals surface area (Å²) >= 11 is 1.70. The monoisotopic (exact) mass is 499 g/mol. The van der Waals surface area contributed by atoms with Crippen LogP contribution in [0.15, 0.2) is 40.7 Å². The smallest absolute Gasteiger partial charge is 0.194 e. The van der Waals surface area contributed by atoms with Crippen LogP contribution in [-0.2, 0) is 6.54 Å². The number of thiazole rings is 1. The van der Waals surface area contributed by atoms with Gasteiger partial charge in [0.2, 0.25) is 0 Å². The molecule has 1 saturated heterocycles. The summed E-state index contributed by atoms with van der Waals surface area (Å²) in [6.45, 7) is 8.90. The van der Waals surface area contributed by atoms with Gasteiger partial charge in [0, 0.05) is 44.3 Å². The molecule has 1 N–H and O–H groups in total. The summed E-state index contributed by atoms with van der Waals surface area (Å²) in [6.07, 6.45) is 1.20. The molecule has 1 fully saturated rings. The molecule has 2 heterocycles. The number of nitrogens with zero attached hydrogens (tertiary/aromatic N) is 4. The molecule has 148 valence electrons. The molecule has 0 aliphatic carbocycles. The molecule has 2 aromatic rings. The highest BCUT2D eigenvalue weighted by Gasteiger charge is 2.22. The lowest BCUT2D eigenvalue weighted by atomic mass is 10.1. The molecule has 0 spiro atoms. The molecule has 5 nitrogen and oxygen atoms in total. The van der Waals surface area contributed by atoms with Crippen molar-refractivity contribution in [3.8, 4) is 0 Å². The van der Waals surface area contributed by atoms with Crippen LogP contribution in [0.5, 0.6) is 0 Å². The molecular weight excluding hydrogens is 469 g/mol. The second kappa shape index (κ2) is 10.8.